The van der Waals surface area contributed by atoms with Crippen molar-refractivity contribution in [2.75, 3.05) is 43.2 Å². The number of alkyl halides is 2. The second-order valence-electron chi connectivity index (χ2n) is 9.23. The zero-order chi connectivity index (χ0) is 27.7. The highest BCUT2D eigenvalue weighted by Gasteiger charge is 2.24. The van der Waals surface area contributed by atoms with Gasteiger partial charge in [0.2, 0.25) is 0 Å². The van der Waals surface area contributed by atoms with E-state index >= 15 is 0 Å². The van der Waals surface area contributed by atoms with Crippen LogP contribution >= 0.6 is 0 Å². The Morgan fingerprint density at radius 3 is 2.62 bits per heavy atom. The van der Waals surface area contributed by atoms with E-state index in [4.69, 9.17) is 4.74 Å². The number of fused-ring (bicyclic) bond motifs is 1. The first kappa shape index (κ1) is 26.6. The van der Waals surface area contributed by atoms with Gasteiger partial charge < -0.3 is 20.2 Å². The zero-order valence-electron chi connectivity index (χ0n) is 21.4. The van der Waals surface area contributed by atoms with E-state index in [1.54, 1.807) is 26.2 Å². The largest absolute Gasteiger partial charge is 0.394 e. The molecule has 0 radical (unpaired) electrons. The quantitative estimate of drug-likeness (QED) is 0.349. The molecule has 1 aliphatic heterocycles. The number of aliphatic hydroxyl groups excluding tert-OH is 1. The van der Waals surface area contributed by atoms with Gasteiger partial charge in [-0.15, -0.1) is 0 Å². The van der Waals surface area contributed by atoms with Gasteiger partial charge in [0.25, 0.3) is 12.0 Å². The van der Waals surface area contributed by atoms with E-state index in [-0.39, 0.29) is 29.8 Å². The number of aliphatic hydroxyl groups is 1. The van der Waals surface area contributed by atoms with Crippen molar-refractivity contribution in [3.63, 3.8) is 0 Å². The molecule has 0 amide bonds. The number of rotatable bonds is 8. The average Bonchev–Trinajstić information content (AvgIpc) is 3.37. The predicted octanol–water partition coefficient (Wildman–Crippen LogP) is 3.17. The first-order valence-corrected chi connectivity index (χ1v) is 12.5. The van der Waals surface area contributed by atoms with Gasteiger partial charge in [0, 0.05) is 23.5 Å². The van der Waals surface area contributed by atoms with Crippen LogP contribution in [0, 0.1) is 12.7 Å². The molecular formula is C26H28F3N7O3. The molecule has 13 heteroatoms. The summed E-state index contributed by atoms with van der Waals surface area (Å²) in [6.45, 7) is 5.29. The molecule has 3 aromatic heterocycles. The van der Waals surface area contributed by atoms with Crippen molar-refractivity contribution in [3.8, 4) is 11.1 Å². The molecule has 1 saturated heterocycles. The summed E-state index contributed by atoms with van der Waals surface area (Å²) in [6, 6.07) is 3.16. The highest BCUT2D eigenvalue weighted by atomic mass is 19.3. The van der Waals surface area contributed by atoms with Crippen molar-refractivity contribution in [3.05, 3.63) is 69.9 Å². The molecule has 0 bridgehead atoms. The minimum absolute atomic E-state index is 0.0595. The highest BCUT2D eigenvalue weighted by Crippen LogP contribution is 2.32. The van der Waals surface area contributed by atoms with E-state index in [0.29, 0.717) is 54.4 Å². The molecule has 1 atom stereocenters. The van der Waals surface area contributed by atoms with Crippen LogP contribution in [0.4, 0.5) is 19.0 Å². The molecule has 39 heavy (non-hydrogen) atoms. The van der Waals surface area contributed by atoms with E-state index < -0.39 is 23.8 Å². The molecule has 2 N–H and O–H groups in total. The molecule has 10 nitrogen and oxygen atoms in total. The number of hydrogen-bond donors (Lipinski definition) is 2. The Labute approximate surface area is 221 Å². The fourth-order valence-electron chi connectivity index (χ4n) is 4.71. The van der Waals surface area contributed by atoms with Gasteiger partial charge in [-0.3, -0.25) is 9.48 Å². The van der Waals surface area contributed by atoms with Gasteiger partial charge >= 0.3 is 0 Å². The van der Waals surface area contributed by atoms with Crippen LogP contribution in [-0.4, -0.2) is 62.4 Å². The summed E-state index contributed by atoms with van der Waals surface area (Å²) in [7, 11) is 0. The Morgan fingerprint density at radius 2 is 1.90 bits per heavy atom. The van der Waals surface area contributed by atoms with Crippen molar-refractivity contribution in [1.82, 2.24) is 24.4 Å². The minimum Gasteiger partial charge on any atom is -0.394 e. The Kier molecular flexibility index (Phi) is 7.53. The maximum atomic E-state index is 14.9. The number of halogens is 3. The van der Waals surface area contributed by atoms with Crippen LogP contribution < -0.4 is 15.9 Å². The molecular weight excluding hydrogens is 515 g/mol. The molecule has 4 heterocycles. The van der Waals surface area contributed by atoms with Crippen molar-refractivity contribution in [2.24, 2.45) is 0 Å². The lowest BCUT2D eigenvalue weighted by Gasteiger charge is -2.31. The number of anilines is 1. The molecule has 1 aliphatic rings. The number of pyridine rings is 1. The number of nitrogens with zero attached hydrogens (tertiary/aromatic N) is 6. The lowest BCUT2D eigenvalue weighted by atomic mass is 10.0. The number of benzene rings is 1. The van der Waals surface area contributed by atoms with Crippen molar-refractivity contribution in [1.29, 1.82) is 0 Å². The molecule has 0 saturated carbocycles. The summed E-state index contributed by atoms with van der Waals surface area (Å²) >= 11 is 0. The van der Waals surface area contributed by atoms with Crippen LogP contribution in [0.25, 0.3) is 22.0 Å². The fraction of sp³-hybridized carbons (Fsp3) is 0.385. The predicted molar refractivity (Wildman–Crippen MR) is 139 cm³/mol. The van der Waals surface area contributed by atoms with Gasteiger partial charge in [0.15, 0.2) is 0 Å². The van der Waals surface area contributed by atoms with Crippen LogP contribution in [0.3, 0.4) is 0 Å². The Morgan fingerprint density at radius 1 is 1.15 bits per heavy atom. The summed E-state index contributed by atoms with van der Waals surface area (Å²) in [5.74, 6) is -0.311. The molecule has 5 rings (SSSR count). The van der Waals surface area contributed by atoms with Gasteiger partial charge in [-0.1, -0.05) is 18.2 Å². The first-order chi connectivity index (χ1) is 18.8. The summed E-state index contributed by atoms with van der Waals surface area (Å²) in [5.41, 5.74) is 0.222. The smallest absolute Gasteiger partial charge is 0.279 e. The first-order valence-electron chi connectivity index (χ1n) is 12.5. The third-order valence-electron chi connectivity index (χ3n) is 6.62. The Balaban J connectivity index is 1.68. The molecule has 1 aromatic carbocycles. The molecule has 0 spiro atoms. The van der Waals surface area contributed by atoms with E-state index in [9.17, 15) is 23.1 Å². The van der Waals surface area contributed by atoms with E-state index in [2.05, 4.69) is 20.4 Å². The van der Waals surface area contributed by atoms with E-state index in [0.717, 1.165) is 6.07 Å². The van der Waals surface area contributed by atoms with Crippen molar-refractivity contribution >= 4 is 16.7 Å². The molecule has 206 valence electrons. The van der Waals surface area contributed by atoms with Crippen LogP contribution in [0.2, 0.25) is 0 Å². The van der Waals surface area contributed by atoms with Gasteiger partial charge in [-0.2, -0.15) is 5.10 Å². The SMILES string of the molecule is Cc1nc(N[C@H](C)c2cccc(C(F)F)c2F)c2cn(N3CCOCC3)c(=O)c(-c3cnn(CCO)c3)c2n1. The Bertz CT molecular complexity index is 1550. The van der Waals surface area contributed by atoms with Crippen LogP contribution in [0.5, 0.6) is 0 Å². The van der Waals surface area contributed by atoms with Crippen LogP contribution in [0.15, 0.2) is 41.6 Å². The summed E-state index contributed by atoms with van der Waals surface area (Å²) in [4.78, 5) is 23.0. The molecule has 0 aliphatic carbocycles. The van der Waals surface area contributed by atoms with E-state index in [1.165, 1.54) is 27.7 Å². The number of ether oxygens (including phenoxy) is 1. The minimum atomic E-state index is -2.95. The van der Waals surface area contributed by atoms with Crippen LogP contribution in [-0.2, 0) is 11.3 Å². The number of aromatic nitrogens is 5. The summed E-state index contributed by atoms with van der Waals surface area (Å²) in [5, 5.41) is 19.1. The maximum Gasteiger partial charge on any atom is 0.279 e. The third kappa shape index (κ3) is 5.19. The summed E-state index contributed by atoms with van der Waals surface area (Å²) in [6.07, 6.45) is 1.88. The molecule has 0 unspecified atom stereocenters. The number of morpholine rings is 1. The number of nitrogens with one attached hydrogen (secondary N) is 1. The van der Waals surface area contributed by atoms with Gasteiger partial charge in [0.05, 0.1) is 73.7 Å². The maximum absolute atomic E-state index is 14.9. The number of hydrogen-bond acceptors (Lipinski definition) is 8. The lowest BCUT2D eigenvalue weighted by Crippen LogP contribution is -2.49. The number of aryl methyl sites for hydroxylation is 1. The normalized spacial score (nSPS) is 14.8. The van der Waals surface area contributed by atoms with Gasteiger partial charge in [0.1, 0.15) is 17.5 Å². The second kappa shape index (κ2) is 11.0. The zero-order valence-corrected chi connectivity index (χ0v) is 21.4. The van der Waals surface area contributed by atoms with Crippen molar-refractivity contribution < 1.29 is 23.0 Å². The molecule has 4 aromatic rings. The molecule has 1 fully saturated rings. The topological polar surface area (TPSA) is 110 Å². The second-order valence-corrected chi connectivity index (χ2v) is 9.23. The Hall–Kier alpha value is -3.97. The van der Waals surface area contributed by atoms with Gasteiger partial charge in [-0.05, 0) is 13.8 Å². The summed E-state index contributed by atoms with van der Waals surface area (Å²) < 4.78 is 50.1. The standard InChI is InChI=1S/C26H28F3N7O3/c1-15(18-4-3-5-19(22(18)27)24(28)29)31-25-20-14-36(35-7-10-39-11-8-35)26(38)21(23(20)32-16(2)33-25)17-12-30-34(13-17)6-9-37/h3-5,12-15,24,37H,6-11H2,1-2H3,(H,31,32,33)/t15-/m1/s1. The van der Waals surface area contributed by atoms with Gasteiger partial charge in [-0.25, -0.2) is 27.8 Å². The monoisotopic (exact) mass is 543 g/mol. The lowest BCUT2D eigenvalue weighted by molar-refractivity contribution is 0.111. The highest BCUT2D eigenvalue weighted by molar-refractivity contribution is 5.98. The third-order valence-corrected chi connectivity index (χ3v) is 6.62. The average molecular weight is 544 g/mol. The van der Waals surface area contributed by atoms with Crippen molar-refractivity contribution in [2.45, 2.75) is 32.9 Å². The van der Waals surface area contributed by atoms with E-state index in [1.807, 2.05) is 5.01 Å². The fourth-order valence-corrected chi connectivity index (χ4v) is 4.71. The van der Waals surface area contributed by atoms with Crippen LogP contribution in [0.1, 0.15) is 36.3 Å².